The van der Waals surface area contributed by atoms with Crippen molar-refractivity contribution < 1.29 is 49.5 Å². The summed E-state index contributed by atoms with van der Waals surface area (Å²) in [6, 6.07) is 70.6. The van der Waals surface area contributed by atoms with E-state index in [1.165, 1.54) is 82.7 Å². The number of rotatable bonds is 34. The minimum Gasteiger partial charge on any atom is -0.334 e. The Morgan fingerprint density at radius 2 is 0.869 bits per heavy atom. The molecule has 8 aromatic rings. The minimum atomic E-state index is -4.52. The number of halogens is 5. The number of benzene rings is 8. The van der Waals surface area contributed by atoms with E-state index in [4.69, 9.17) is 0 Å². The summed E-state index contributed by atoms with van der Waals surface area (Å²) in [5, 5.41) is 9.65. The zero-order valence-electron chi connectivity index (χ0n) is 78.3. The van der Waals surface area contributed by atoms with E-state index >= 15 is 0 Å². The molecule has 19 nitrogen and oxygen atoms in total. The van der Waals surface area contributed by atoms with Crippen molar-refractivity contribution in [3.8, 4) is 0 Å². The summed E-state index contributed by atoms with van der Waals surface area (Å²) in [6.45, 7) is 29.7. The number of nitrogens with zero attached hydrogens (tertiary/aromatic N) is 9. The zero-order chi connectivity index (χ0) is 93.3. The first kappa shape index (κ1) is 102. The maximum atomic E-state index is 14.0. The average molecular weight is 1810 g/mol. The van der Waals surface area contributed by atoms with Crippen LogP contribution in [-0.4, -0.2) is 197 Å². The second-order valence-electron chi connectivity index (χ2n) is 36.3. The van der Waals surface area contributed by atoms with Crippen molar-refractivity contribution in [1.82, 2.24) is 54.1 Å². The van der Waals surface area contributed by atoms with Crippen LogP contribution in [0.1, 0.15) is 212 Å². The van der Waals surface area contributed by atoms with Crippen LogP contribution in [0.4, 0.5) is 47.7 Å². The lowest BCUT2D eigenvalue weighted by Gasteiger charge is -2.43. The van der Waals surface area contributed by atoms with Crippen LogP contribution >= 0.6 is 0 Å². The molecule has 5 aliphatic rings. The number of carbonyl (C=O) groups is 4. The third-order valence-electron chi connectivity index (χ3n) is 26.1. The molecule has 5 heterocycles. The lowest BCUT2D eigenvalue weighted by molar-refractivity contribution is -0.137. The summed E-state index contributed by atoms with van der Waals surface area (Å²) in [5.74, 6) is -3.15. The Balaban J connectivity index is 0.000000180. The van der Waals surface area contributed by atoms with E-state index in [0.29, 0.717) is 74.8 Å². The fourth-order valence-electron chi connectivity index (χ4n) is 18.8. The monoisotopic (exact) mass is 1810 g/mol. The van der Waals surface area contributed by atoms with Crippen LogP contribution in [0.3, 0.4) is 0 Å². The number of likely N-dealkylation sites (tertiary alicyclic amines) is 3. The molecule has 5 saturated heterocycles. The number of hydrogen-bond donors (Lipinski definition) is 4. The molecule has 0 spiro atoms. The van der Waals surface area contributed by atoms with Gasteiger partial charge in [0, 0.05) is 181 Å². The molecule has 5 unspecified atom stereocenters. The lowest BCUT2D eigenvalue weighted by Crippen LogP contribution is -2.52. The van der Waals surface area contributed by atoms with Crippen LogP contribution in [0.2, 0.25) is 0 Å². The van der Waals surface area contributed by atoms with Gasteiger partial charge in [-0.15, -0.1) is 0 Å². The molecule has 5 atom stereocenters. The molecule has 25 heteroatoms. The van der Waals surface area contributed by atoms with Gasteiger partial charge in [0.1, 0.15) is 0 Å². The first-order chi connectivity index (χ1) is 62.4. The van der Waals surface area contributed by atoms with Gasteiger partial charge < -0.3 is 55.1 Å². The Bertz CT molecular complexity index is 4830. The molecule has 2 bridgehead atoms. The SMILES string of the molecule is C=CS(=O)(=O)NCCN(C(=O)Nc1cccc(C(F)(F)F)c1)C1CCN(C(C)CCC)CC1.CC(F)(F)c1cccc(C(=O)N(Cc2ccccc2)C2CC3CCC(C2)N3Cc2ccccc2)c1.CCCC(C)N1CCC(N(Cc2ccccc2)C(=O)NCc2ccc(C)cc2)CC1.CCCC(C)N1CCC(N(Cc2ccccc2)C(=O)Nc2ccc(CN(C)C)cc2)CC1. The number of piperidine rings is 4. The van der Waals surface area contributed by atoms with Crippen molar-refractivity contribution in [3.63, 3.8) is 0 Å². The smallest absolute Gasteiger partial charge is 0.334 e. The van der Waals surface area contributed by atoms with Crippen molar-refractivity contribution >= 4 is 45.4 Å². The van der Waals surface area contributed by atoms with Crippen molar-refractivity contribution in [2.75, 3.05) is 77.1 Å². The van der Waals surface area contributed by atoms with Crippen LogP contribution in [0.5, 0.6) is 0 Å². The quantitative estimate of drug-likeness (QED) is 0.0282. The number of fused-ring (bicyclic) bond motifs is 2. The van der Waals surface area contributed by atoms with Gasteiger partial charge >= 0.3 is 24.3 Å². The summed E-state index contributed by atoms with van der Waals surface area (Å²) in [6.07, 6.45) is 12.2. The van der Waals surface area contributed by atoms with E-state index in [-0.39, 0.29) is 66.5 Å². The second-order valence-corrected chi connectivity index (χ2v) is 38.0. The van der Waals surface area contributed by atoms with Crippen LogP contribution < -0.4 is 20.7 Å². The van der Waals surface area contributed by atoms with Gasteiger partial charge in [-0.1, -0.05) is 228 Å². The van der Waals surface area contributed by atoms with Crippen LogP contribution in [0.25, 0.3) is 0 Å². The second kappa shape index (κ2) is 50.7. The summed E-state index contributed by atoms with van der Waals surface area (Å²) < 4.78 is 92.8. The Morgan fingerprint density at radius 1 is 0.462 bits per heavy atom. The maximum absolute atomic E-state index is 14.0. The van der Waals surface area contributed by atoms with Crippen molar-refractivity contribution in [1.29, 1.82) is 0 Å². The van der Waals surface area contributed by atoms with Crippen LogP contribution in [0, 0.1) is 6.92 Å². The molecule has 8 aromatic carbocycles. The highest BCUT2D eigenvalue weighted by molar-refractivity contribution is 7.92. The fraction of sp³-hybridized carbons (Fsp3) is 0.486. The summed E-state index contributed by atoms with van der Waals surface area (Å²) in [7, 11) is 0.465. The molecule has 130 heavy (non-hydrogen) atoms. The topological polar surface area (TPSA) is 180 Å². The number of sulfonamides is 1. The van der Waals surface area contributed by atoms with Gasteiger partial charge in [0.15, 0.2) is 0 Å². The molecule has 13 rings (SSSR count). The number of amides is 7. The molecule has 5 aliphatic heterocycles. The Morgan fingerprint density at radius 3 is 1.32 bits per heavy atom. The predicted octanol–water partition coefficient (Wildman–Crippen LogP) is 21.7. The van der Waals surface area contributed by atoms with E-state index in [0.717, 1.165) is 158 Å². The predicted molar refractivity (Wildman–Crippen MR) is 516 cm³/mol. The zero-order valence-corrected chi connectivity index (χ0v) is 79.1. The molecular weight excluding hydrogens is 1670 g/mol. The third kappa shape index (κ3) is 32.0. The van der Waals surface area contributed by atoms with Gasteiger partial charge in [0.2, 0.25) is 10.0 Å². The number of aryl methyl sites for hydroxylation is 1. The Labute approximate surface area is 771 Å². The Kier molecular flexibility index (Phi) is 39.9. The molecule has 704 valence electrons. The first-order valence-corrected chi connectivity index (χ1v) is 48.6. The number of carbonyl (C=O) groups excluding carboxylic acids is 4. The van der Waals surface area contributed by atoms with Crippen LogP contribution in [0.15, 0.2) is 230 Å². The van der Waals surface area contributed by atoms with Gasteiger partial charge in [0.25, 0.3) is 11.8 Å². The maximum Gasteiger partial charge on any atom is 0.416 e. The Hall–Kier alpha value is -9.86. The third-order valence-corrected chi connectivity index (χ3v) is 27.2. The molecule has 4 N–H and O–H groups in total. The number of urea groups is 3. The molecule has 0 aromatic heterocycles. The normalized spacial score (nSPS) is 18.0. The molecule has 0 radical (unpaired) electrons. The highest BCUT2D eigenvalue weighted by Crippen LogP contribution is 2.41. The summed E-state index contributed by atoms with van der Waals surface area (Å²) in [5.41, 5.74) is 8.57. The van der Waals surface area contributed by atoms with Gasteiger partial charge in [-0.25, -0.2) is 36.3 Å². The van der Waals surface area contributed by atoms with Crippen molar-refractivity contribution in [2.24, 2.45) is 0 Å². The van der Waals surface area contributed by atoms with Gasteiger partial charge in [0.05, 0.1) is 5.56 Å². The van der Waals surface area contributed by atoms with Gasteiger partial charge in [-0.2, -0.15) is 13.2 Å². The number of nitrogens with one attached hydrogen (secondary N) is 4. The first-order valence-electron chi connectivity index (χ1n) is 47.1. The van der Waals surface area contributed by atoms with Crippen LogP contribution in [-0.2, 0) is 61.4 Å². The fourth-order valence-corrected chi connectivity index (χ4v) is 19.3. The van der Waals surface area contributed by atoms with Gasteiger partial charge in [-0.05, 0) is 201 Å². The molecular formula is C105H142F5N13O6S. The molecule has 5 fully saturated rings. The molecule has 0 aliphatic carbocycles. The van der Waals surface area contributed by atoms with E-state index < -0.39 is 33.7 Å². The molecule has 7 amide bonds. The van der Waals surface area contributed by atoms with Crippen molar-refractivity contribution in [2.45, 2.75) is 264 Å². The summed E-state index contributed by atoms with van der Waals surface area (Å²) in [4.78, 5) is 73.3. The van der Waals surface area contributed by atoms with Gasteiger partial charge in [-0.3, -0.25) is 9.69 Å². The minimum absolute atomic E-state index is 0.00531. The number of anilines is 2. The number of hydrogen-bond acceptors (Lipinski definition) is 11. The largest absolute Gasteiger partial charge is 0.416 e. The van der Waals surface area contributed by atoms with E-state index in [9.17, 15) is 49.5 Å². The standard InChI is InChI=1S/C30H32F2N2O.C27H40N4O.C26H37N3O.C22H33F3N4O3S/c1-30(31,32)25-14-8-13-24(17-25)29(35)34(21-23-11-6-3-7-12-23)28-18-26-15-16-27(19-28)33(26)20-22-9-4-2-5-10-22;1-5-9-22(2)30-18-16-26(17-19-30)31(21-23-10-7-6-8-11-23)27(32)28-25-14-12-24(13-15-25)20-29(3)4;1-4-8-22(3)28-17-15-25(16-18-28)29(20-24-9-6-5-7-10-24)26(30)27-19-23-13-11-21(2)12-14-23;1-4-7-17(3)28-13-10-20(11-14-28)29(15-12-26-33(31,32)5-2)21(30)27-19-9-6-8-18(16-19)22(23,24)25/h2-14,17,26-28H,15-16,18-21H2,1H3;6-8,10-15,22,26H,5,9,16-21H2,1-4H3,(H,28,32);5-7,9-14,22,25H,4,8,15-20H2,1-3H3,(H,27,30);5-6,8-9,16-17,20,26H,2,4,7,10-15H2,1,3H3,(H,27,30). The van der Waals surface area contributed by atoms with E-state index in [1.54, 1.807) is 12.1 Å². The summed E-state index contributed by atoms with van der Waals surface area (Å²) >= 11 is 0. The van der Waals surface area contributed by atoms with Crippen molar-refractivity contribution in [3.05, 3.63) is 286 Å². The van der Waals surface area contributed by atoms with E-state index in [1.807, 2.05) is 94.7 Å². The number of alkyl halides is 5. The molecule has 0 saturated carbocycles. The highest BCUT2D eigenvalue weighted by atomic mass is 32.2. The van der Waals surface area contributed by atoms with E-state index in [2.05, 4.69) is 204 Å². The lowest BCUT2D eigenvalue weighted by atomic mass is 9.93. The highest BCUT2D eigenvalue weighted by Gasteiger charge is 2.44. The average Bonchev–Trinajstić information content (AvgIpc) is 1.61.